The van der Waals surface area contributed by atoms with Crippen LogP contribution < -0.4 is 10.6 Å². The molecule has 1 aliphatic rings. The zero-order chi connectivity index (χ0) is 13.2. The lowest BCUT2D eigenvalue weighted by Gasteiger charge is -2.12. The zero-order valence-electron chi connectivity index (χ0n) is 11.3. The molecule has 18 heavy (non-hydrogen) atoms. The van der Waals surface area contributed by atoms with Gasteiger partial charge in [0.05, 0.1) is 12.7 Å². The lowest BCUT2D eigenvalue weighted by Crippen LogP contribution is -2.34. The van der Waals surface area contributed by atoms with Gasteiger partial charge in [-0.3, -0.25) is 4.79 Å². The molecule has 1 unspecified atom stereocenters. The van der Waals surface area contributed by atoms with E-state index in [1.54, 1.807) is 0 Å². The molecule has 0 aromatic heterocycles. The smallest absolute Gasteiger partial charge is 0.221 e. The van der Waals surface area contributed by atoms with Gasteiger partial charge >= 0.3 is 0 Å². The van der Waals surface area contributed by atoms with Gasteiger partial charge in [0.2, 0.25) is 5.91 Å². The van der Waals surface area contributed by atoms with Crippen LogP contribution in [0.3, 0.4) is 0 Å². The lowest BCUT2D eigenvalue weighted by atomic mass is 10.3. The van der Waals surface area contributed by atoms with Crippen molar-refractivity contribution >= 4 is 5.91 Å². The minimum Gasteiger partial charge on any atom is -0.389 e. The highest BCUT2D eigenvalue weighted by atomic mass is 16.5. The van der Waals surface area contributed by atoms with E-state index in [-0.39, 0.29) is 5.91 Å². The average molecular weight is 258 g/mol. The number of carbonyl (C=O) groups excluding carboxylic acids is 1. The molecule has 0 spiro atoms. The Morgan fingerprint density at radius 1 is 1.44 bits per heavy atom. The molecule has 0 aromatic carbocycles. The van der Waals surface area contributed by atoms with Crippen LogP contribution in [0, 0.1) is 5.92 Å². The minimum atomic E-state index is -0.484. The second-order valence-corrected chi connectivity index (χ2v) is 4.94. The number of amides is 1. The van der Waals surface area contributed by atoms with Crippen LogP contribution in [-0.4, -0.2) is 50.0 Å². The highest BCUT2D eigenvalue weighted by Gasteiger charge is 2.21. The van der Waals surface area contributed by atoms with Crippen molar-refractivity contribution in [2.45, 2.75) is 38.7 Å². The summed E-state index contributed by atoms with van der Waals surface area (Å²) in [6.07, 6.45) is 3.45. The van der Waals surface area contributed by atoms with E-state index in [0.717, 1.165) is 25.5 Å². The van der Waals surface area contributed by atoms with Crippen LogP contribution in [0.2, 0.25) is 0 Å². The Morgan fingerprint density at radius 3 is 2.89 bits per heavy atom. The van der Waals surface area contributed by atoms with Gasteiger partial charge in [0.1, 0.15) is 0 Å². The van der Waals surface area contributed by atoms with E-state index in [0.29, 0.717) is 26.1 Å². The molecule has 1 aliphatic carbocycles. The molecule has 3 N–H and O–H groups in total. The van der Waals surface area contributed by atoms with Crippen molar-refractivity contribution in [2.75, 3.05) is 32.8 Å². The monoisotopic (exact) mass is 258 g/mol. The quantitative estimate of drug-likeness (QED) is 0.466. The molecule has 0 heterocycles. The molecule has 5 nitrogen and oxygen atoms in total. The third kappa shape index (κ3) is 8.44. The van der Waals surface area contributed by atoms with Gasteiger partial charge in [-0.25, -0.2) is 0 Å². The predicted molar refractivity (Wildman–Crippen MR) is 70.3 cm³/mol. The second-order valence-electron chi connectivity index (χ2n) is 4.94. The van der Waals surface area contributed by atoms with Crippen LogP contribution >= 0.6 is 0 Å². The van der Waals surface area contributed by atoms with Crippen LogP contribution in [0.15, 0.2) is 0 Å². The maximum atomic E-state index is 11.3. The Balaban J connectivity index is 1.84. The molecule has 0 bridgehead atoms. The first-order valence-corrected chi connectivity index (χ1v) is 6.95. The maximum Gasteiger partial charge on any atom is 0.221 e. The van der Waals surface area contributed by atoms with Gasteiger partial charge in [-0.05, 0) is 25.2 Å². The Morgan fingerprint density at radius 2 is 2.22 bits per heavy atom. The summed E-state index contributed by atoms with van der Waals surface area (Å²) in [5.41, 5.74) is 0. The van der Waals surface area contributed by atoms with Crippen LogP contribution in [-0.2, 0) is 9.53 Å². The van der Waals surface area contributed by atoms with Crippen molar-refractivity contribution < 1.29 is 14.6 Å². The molecule has 5 heteroatoms. The number of carbonyl (C=O) groups is 1. The van der Waals surface area contributed by atoms with Crippen molar-refractivity contribution in [1.29, 1.82) is 0 Å². The van der Waals surface area contributed by atoms with Crippen molar-refractivity contribution in [3.8, 4) is 0 Å². The number of rotatable bonds is 11. The van der Waals surface area contributed by atoms with Gasteiger partial charge in [0.15, 0.2) is 0 Å². The zero-order valence-corrected chi connectivity index (χ0v) is 11.3. The van der Waals surface area contributed by atoms with Gasteiger partial charge in [0, 0.05) is 32.7 Å². The molecule has 0 aliphatic heterocycles. The number of hydrogen-bond acceptors (Lipinski definition) is 4. The summed E-state index contributed by atoms with van der Waals surface area (Å²) in [6.45, 7) is 4.98. The highest BCUT2D eigenvalue weighted by Crippen LogP contribution is 2.28. The Bertz CT molecular complexity index is 232. The van der Waals surface area contributed by atoms with E-state index in [4.69, 9.17) is 4.74 Å². The van der Waals surface area contributed by atoms with Crippen LogP contribution in [0.4, 0.5) is 0 Å². The van der Waals surface area contributed by atoms with Crippen LogP contribution in [0.25, 0.3) is 0 Å². The summed E-state index contributed by atoms with van der Waals surface area (Å²) in [4.78, 5) is 11.3. The summed E-state index contributed by atoms with van der Waals surface area (Å²) >= 11 is 0. The summed E-state index contributed by atoms with van der Waals surface area (Å²) in [5, 5.41) is 15.5. The molecule has 1 rings (SSSR count). The maximum absolute atomic E-state index is 11.3. The van der Waals surface area contributed by atoms with E-state index in [1.807, 2.05) is 6.92 Å². The Hall–Kier alpha value is -0.650. The Labute approximate surface area is 109 Å². The summed E-state index contributed by atoms with van der Waals surface area (Å²) < 4.78 is 5.38. The van der Waals surface area contributed by atoms with Gasteiger partial charge in [-0.2, -0.15) is 0 Å². The first-order valence-electron chi connectivity index (χ1n) is 6.95. The van der Waals surface area contributed by atoms with E-state index in [1.165, 1.54) is 12.8 Å². The topological polar surface area (TPSA) is 70.6 Å². The molecule has 1 fully saturated rings. The fraction of sp³-hybridized carbons (Fsp3) is 0.923. The van der Waals surface area contributed by atoms with Gasteiger partial charge in [0.25, 0.3) is 0 Å². The number of aliphatic hydroxyl groups excluding tert-OH is 1. The van der Waals surface area contributed by atoms with Crippen molar-refractivity contribution in [1.82, 2.24) is 10.6 Å². The average Bonchev–Trinajstić information content (AvgIpc) is 3.16. The Kier molecular flexibility index (Phi) is 7.96. The van der Waals surface area contributed by atoms with Crippen molar-refractivity contribution in [2.24, 2.45) is 5.92 Å². The van der Waals surface area contributed by atoms with E-state index in [9.17, 15) is 9.90 Å². The van der Waals surface area contributed by atoms with E-state index >= 15 is 0 Å². The summed E-state index contributed by atoms with van der Waals surface area (Å²) in [5.74, 6) is 0.788. The molecular weight excluding hydrogens is 232 g/mol. The molecule has 106 valence electrons. The summed E-state index contributed by atoms with van der Waals surface area (Å²) in [6, 6.07) is 0. The van der Waals surface area contributed by atoms with Crippen LogP contribution in [0.1, 0.15) is 32.6 Å². The fourth-order valence-electron chi connectivity index (χ4n) is 1.54. The first-order chi connectivity index (χ1) is 8.72. The number of ether oxygens (including phenoxy) is 1. The molecule has 1 saturated carbocycles. The molecule has 1 atom stereocenters. The predicted octanol–water partition coefficient (Wildman–Crippen LogP) is 0.280. The normalized spacial score (nSPS) is 16.6. The molecule has 0 aromatic rings. The summed E-state index contributed by atoms with van der Waals surface area (Å²) in [7, 11) is 0. The number of aliphatic hydroxyl groups is 1. The highest BCUT2D eigenvalue weighted by molar-refractivity contribution is 5.75. The molecule has 0 saturated heterocycles. The third-order valence-corrected chi connectivity index (χ3v) is 2.84. The second kappa shape index (κ2) is 9.30. The lowest BCUT2D eigenvalue weighted by molar-refractivity contribution is -0.121. The standard InChI is InChI=1S/C13H26N2O3/c1-2-6-15-13(17)5-7-14-8-12(16)10-18-9-11-3-4-11/h11-12,14,16H,2-10H2,1H3,(H,15,17). The SMILES string of the molecule is CCCNC(=O)CCNCC(O)COCC1CC1. The molecular formula is C13H26N2O3. The van der Waals surface area contributed by atoms with Gasteiger partial charge in [-0.15, -0.1) is 0 Å². The third-order valence-electron chi connectivity index (χ3n) is 2.84. The van der Waals surface area contributed by atoms with Crippen molar-refractivity contribution in [3.05, 3.63) is 0 Å². The van der Waals surface area contributed by atoms with Crippen molar-refractivity contribution in [3.63, 3.8) is 0 Å². The van der Waals surface area contributed by atoms with Crippen LogP contribution in [0.5, 0.6) is 0 Å². The number of nitrogens with one attached hydrogen (secondary N) is 2. The van der Waals surface area contributed by atoms with E-state index < -0.39 is 6.10 Å². The largest absolute Gasteiger partial charge is 0.389 e. The van der Waals surface area contributed by atoms with Gasteiger partial charge in [-0.1, -0.05) is 6.92 Å². The minimum absolute atomic E-state index is 0.0591. The first kappa shape index (κ1) is 15.4. The molecule has 0 radical (unpaired) electrons. The van der Waals surface area contributed by atoms with E-state index in [2.05, 4.69) is 10.6 Å². The van der Waals surface area contributed by atoms with Gasteiger partial charge < -0.3 is 20.5 Å². The fourth-order valence-corrected chi connectivity index (χ4v) is 1.54. The number of hydrogen-bond donors (Lipinski definition) is 3. The molecule has 1 amide bonds.